The topological polar surface area (TPSA) is 29.3 Å². The van der Waals surface area contributed by atoms with Gasteiger partial charge in [0.15, 0.2) is 0 Å². The molecule has 1 rings (SSSR count). The Balaban J connectivity index is 2.37. The lowest BCUT2D eigenvalue weighted by Crippen LogP contribution is -2.42. The van der Waals surface area contributed by atoms with Gasteiger partial charge in [0.05, 0.1) is 0 Å². The van der Waals surface area contributed by atoms with Crippen LogP contribution in [0.5, 0.6) is 0 Å². The van der Waals surface area contributed by atoms with E-state index < -0.39 is 0 Å². The van der Waals surface area contributed by atoms with Crippen LogP contribution in [0.1, 0.15) is 53.9 Å². The molecule has 102 valence electrons. The quantitative estimate of drug-likeness (QED) is 0.818. The minimum Gasteiger partial charge on any atom is -0.330 e. The number of rotatable bonds is 4. The lowest BCUT2D eigenvalue weighted by molar-refractivity contribution is 0.108. The molecule has 2 heteroatoms. The Morgan fingerprint density at radius 2 is 1.71 bits per heavy atom. The first-order chi connectivity index (χ1) is 7.72. The molecule has 0 spiro atoms. The Morgan fingerprint density at radius 1 is 1.18 bits per heavy atom. The third-order valence-electron chi connectivity index (χ3n) is 3.96. The van der Waals surface area contributed by atoms with Crippen LogP contribution in [-0.2, 0) is 0 Å². The summed E-state index contributed by atoms with van der Waals surface area (Å²) in [7, 11) is 0. The summed E-state index contributed by atoms with van der Waals surface area (Å²) >= 11 is 0. The molecule has 2 nitrogen and oxygen atoms in total. The molecule has 0 aromatic rings. The second-order valence-corrected chi connectivity index (χ2v) is 7.83. The van der Waals surface area contributed by atoms with Gasteiger partial charge in [-0.2, -0.15) is 0 Å². The molecular formula is C15H32N2. The monoisotopic (exact) mass is 240 g/mol. The van der Waals surface area contributed by atoms with Gasteiger partial charge in [0, 0.05) is 6.54 Å². The number of hydrogen-bond donors (Lipinski definition) is 1. The third-order valence-corrected chi connectivity index (χ3v) is 3.96. The van der Waals surface area contributed by atoms with E-state index in [2.05, 4.69) is 39.5 Å². The van der Waals surface area contributed by atoms with Crippen LogP contribution in [0.3, 0.4) is 0 Å². The lowest BCUT2D eigenvalue weighted by Gasteiger charge is -2.39. The van der Waals surface area contributed by atoms with Crippen molar-refractivity contribution < 1.29 is 0 Å². The van der Waals surface area contributed by atoms with Crippen LogP contribution in [0.4, 0.5) is 0 Å². The van der Waals surface area contributed by atoms with E-state index in [-0.39, 0.29) is 0 Å². The summed E-state index contributed by atoms with van der Waals surface area (Å²) in [6.45, 7) is 16.3. The van der Waals surface area contributed by atoms with Crippen molar-refractivity contribution in [2.45, 2.75) is 53.9 Å². The summed E-state index contributed by atoms with van der Waals surface area (Å²) in [5, 5.41) is 0. The van der Waals surface area contributed by atoms with Crippen molar-refractivity contribution in [3.63, 3.8) is 0 Å². The molecule has 0 aromatic heterocycles. The fourth-order valence-corrected chi connectivity index (χ4v) is 2.79. The van der Waals surface area contributed by atoms with Gasteiger partial charge in [0.1, 0.15) is 0 Å². The Kier molecular flexibility index (Phi) is 5.03. The van der Waals surface area contributed by atoms with Gasteiger partial charge in [0.25, 0.3) is 0 Å². The molecule has 2 N–H and O–H groups in total. The van der Waals surface area contributed by atoms with Crippen LogP contribution in [0.2, 0.25) is 0 Å². The van der Waals surface area contributed by atoms with Crippen molar-refractivity contribution >= 4 is 0 Å². The highest BCUT2D eigenvalue weighted by Crippen LogP contribution is 2.31. The van der Waals surface area contributed by atoms with Gasteiger partial charge in [-0.25, -0.2) is 0 Å². The number of nitrogens with two attached hydrogens (primary N) is 1. The molecule has 0 aromatic carbocycles. The molecule has 0 bridgehead atoms. The zero-order valence-corrected chi connectivity index (χ0v) is 12.6. The average molecular weight is 240 g/mol. The van der Waals surface area contributed by atoms with Crippen molar-refractivity contribution in [3.8, 4) is 0 Å². The first-order valence-electron chi connectivity index (χ1n) is 7.14. The van der Waals surface area contributed by atoms with Gasteiger partial charge in [-0.3, -0.25) is 0 Å². The Bertz CT molecular complexity index is 218. The zero-order valence-electron chi connectivity index (χ0n) is 12.6. The molecule has 1 atom stereocenters. The summed E-state index contributed by atoms with van der Waals surface area (Å²) in [5.74, 6) is 0.663. The summed E-state index contributed by atoms with van der Waals surface area (Å²) in [6, 6.07) is 0. The molecule has 1 aliphatic rings. The van der Waals surface area contributed by atoms with E-state index in [1.54, 1.807) is 0 Å². The molecular weight excluding hydrogens is 208 g/mol. The molecule has 1 saturated heterocycles. The van der Waals surface area contributed by atoms with E-state index in [4.69, 9.17) is 5.73 Å². The van der Waals surface area contributed by atoms with Crippen LogP contribution >= 0.6 is 0 Å². The van der Waals surface area contributed by atoms with Crippen LogP contribution in [0.25, 0.3) is 0 Å². The van der Waals surface area contributed by atoms with E-state index in [1.807, 2.05) is 0 Å². The van der Waals surface area contributed by atoms with Crippen LogP contribution in [0, 0.1) is 16.7 Å². The first kappa shape index (κ1) is 15.0. The van der Waals surface area contributed by atoms with Gasteiger partial charge < -0.3 is 10.6 Å². The molecule has 1 heterocycles. The minimum atomic E-state index is 0.402. The average Bonchev–Trinajstić information content (AvgIpc) is 2.18. The lowest BCUT2D eigenvalue weighted by atomic mass is 9.81. The predicted octanol–water partition coefficient (Wildman–Crippen LogP) is 3.12. The standard InChI is InChI=1S/C15H32N2/c1-14(2,3)10-13(11-16)12-17-8-6-15(4,5)7-9-17/h13H,6-12,16H2,1-5H3. The van der Waals surface area contributed by atoms with E-state index in [9.17, 15) is 0 Å². The van der Waals surface area contributed by atoms with Crippen molar-refractivity contribution in [1.82, 2.24) is 4.90 Å². The molecule has 0 saturated carbocycles. The maximum absolute atomic E-state index is 5.92. The second kappa shape index (κ2) is 5.71. The summed E-state index contributed by atoms with van der Waals surface area (Å²) in [6.07, 6.45) is 3.91. The SMILES string of the molecule is CC(C)(C)CC(CN)CN1CCC(C)(C)CC1. The highest BCUT2D eigenvalue weighted by atomic mass is 15.1. The number of hydrogen-bond acceptors (Lipinski definition) is 2. The molecule has 0 amide bonds. The van der Waals surface area contributed by atoms with Gasteiger partial charge in [0.2, 0.25) is 0 Å². The summed E-state index contributed by atoms with van der Waals surface area (Å²) in [5.41, 5.74) is 6.88. The van der Waals surface area contributed by atoms with Gasteiger partial charge in [-0.1, -0.05) is 34.6 Å². The van der Waals surface area contributed by atoms with Crippen molar-refractivity contribution in [3.05, 3.63) is 0 Å². The highest BCUT2D eigenvalue weighted by Gasteiger charge is 2.27. The normalized spacial score (nSPS) is 23.6. The molecule has 0 radical (unpaired) electrons. The molecule has 1 fully saturated rings. The number of nitrogens with zero attached hydrogens (tertiary/aromatic N) is 1. The van der Waals surface area contributed by atoms with E-state index in [0.29, 0.717) is 16.7 Å². The second-order valence-electron chi connectivity index (χ2n) is 7.83. The van der Waals surface area contributed by atoms with Crippen molar-refractivity contribution in [2.75, 3.05) is 26.2 Å². The fraction of sp³-hybridized carbons (Fsp3) is 1.00. The molecule has 0 aliphatic carbocycles. The van der Waals surface area contributed by atoms with E-state index >= 15 is 0 Å². The van der Waals surface area contributed by atoms with Gasteiger partial charge in [-0.05, 0) is 55.6 Å². The summed E-state index contributed by atoms with van der Waals surface area (Å²) in [4.78, 5) is 2.62. The number of likely N-dealkylation sites (tertiary alicyclic amines) is 1. The Hall–Kier alpha value is -0.0800. The first-order valence-corrected chi connectivity index (χ1v) is 7.14. The van der Waals surface area contributed by atoms with E-state index in [1.165, 1.54) is 38.9 Å². The van der Waals surface area contributed by atoms with Gasteiger partial charge >= 0.3 is 0 Å². The number of piperidine rings is 1. The fourth-order valence-electron chi connectivity index (χ4n) is 2.79. The van der Waals surface area contributed by atoms with Gasteiger partial charge in [-0.15, -0.1) is 0 Å². The maximum atomic E-state index is 5.92. The zero-order chi connectivity index (χ0) is 13.1. The Morgan fingerprint density at radius 3 is 2.12 bits per heavy atom. The smallest absolute Gasteiger partial charge is 0.00219 e. The van der Waals surface area contributed by atoms with Crippen LogP contribution in [0.15, 0.2) is 0 Å². The largest absolute Gasteiger partial charge is 0.330 e. The third kappa shape index (κ3) is 5.87. The van der Waals surface area contributed by atoms with E-state index in [0.717, 1.165) is 6.54 Å². The Labute approximate surface area is 108 Å². The maximum Gasteiger partial charge on any atom is 0.00219 e. The summed E-state index contributed by atoms with van der Waals surface area (Å²) < 4.78 is 0. The predicted molar refractivity (Wildman–Crippen MR) is 76.1 cm³/mol. The van der Waals surface area contributed by atoms with Crippen molar-refractivity contribution in [2.24, 2.45) is 22.5 Å². The molecule has 1 unspecified atom stereocenters. The minimum absolute atomic E-state index is 0.402. The van der Waals surface area contributed by atoms with Crippen LogP contribution in [-0.4, -0.2) is 31.1 Å². The van der Waals surface area contributed by atoms with Crippen molar-refractivity contribution in [1.29, 1.82) is 0 Å². The molecule has 1 aliphatic heterocycles. The highest BCUT2D eigenvalue weighted by molar-refractivity contribution is 4.81. The molecule has 17 heavy (non-hydrogen) atoms. The van der Waals surface area contributed by atoms with Crippen LogP contribution < -0.4 is 5.73 Å².